The minimum absolute atomic E-state index is 0.101. The lowest BCUT2D eigenvalue weighted by Crippen LogP contribution is -2.67. The average molecular weight is 812 g/mol. The van der Waals surface area contributed by atoms with E-state index in [4.69, 9.17) is 42.6 Å². The molecule has 2 heterocycles. The van der Waals surface area contributed by atoms with Gasteiger partial charge >= 0.3 is 11.9 Å². The van der Waals surface area contributed by atoms with Crippen molar-refractivity contribution >= 4 is 17.8 Å². The van der Waals surface area contributed by atoms with Gasteiger partial charge in [-0.1, -0.05) is 121 Å². The Balaban J connectivity index is 1.30. The summed E-state index contributed by atoms with van der Waals surface area (Å²) in [4.78, 5) is 37.7. The molecule has 59 heavy (non-hydrogen) atoms. The van der Waals surface area contributed by atoms with E-state index in [1.807, 2.05) is 128 Å². The van der Waals surface area contributed by atoms with Gasteiger partial charge in [-0.3, -0.25) is 14.4 Å². The lowest BCUT2D eigenvalue weighted by molar-refractivity contribution is -0.334. The smallest absolute Gasteiger partial charge is 0.303 e. The summed E-state index contributed by atoms with van der Waals surface area (Å²) >= 11 is 0. The second-order valence-corrected chi connectivity index (χ2v) is 14.5. The molecular weight excluding hydrogens is 759 g/mol. The Labute approximate surface area is 345 Å². The number of carbonyl (C=O) groups excluding carboxylic acids is 3. The minimum atomic E-state index is -1.22. The van der Waals surface area contributed by atoms with Gasteiger partial charge in [0.05, 0.1) is 39.1 Å². The van der Waals surface area contributed by atoms with Crippen LogP contribution in [0.5, 0.6) is 0 Å². The SMILES string of the molecule is CC(=O)NC1C(OCc2ccccc2)OC(COC2OC(C)C(OCc3ccccc3)C(OCc3ccccc3)C2OCc2ccccc2)C(OC(C)=O)C1OC(C)=O. The van der Waals surface area contributed by atoms with Gasteiger partial charge in [-0.2, -0.15) is 0 Å². The first-order valence-corrected chi connectivity index (χ1v) is 19.8. The summed E-state index contributed by atoms with van der Waals surface area (Å²) < 4.78 is 57.4. The maximum Gasteiger partial charge on any atom is 0.303 e. The van der Waals surface area contributed by atoms with Crippen molar-refractivity contribution in [2.24, 2.45) is 0 Å². The Morgan fingerprint density at radius 1 is 0.492 bits per heavy atom. The number of ether oxygens (including phenoxy) is 9. The summed E-state index contributed by atoms with van der Waals surface area (Å²) in [5.41, 5.74) is 3.70. The van der Waals surface area contributed by atoms with Crippen molar-refractivity contribution in [1.29, 1.82) is 0 Å². The molecule has 2 fully saturated rings. The number of esters is 2. The van der Waals surface area contributed by atoms with Crippen LogP contribution in [-0.4, -0.2) is 85.8 Å². The molecule has 10 atom stereocenters. The van der Waals surface area contributed by atoms with E-state index in [-0.39, 0.29) is 26.4 Å². The predicted octanol–water partition coefficient (Wildman–Crippen LogP) is 5.81. The van der Waals surface area contributed by atoms with Crippen LogP contribution in [0.15, 0.2) is 121 Å². The van der Waals surface area contributed by atoms with Crippen LogP contribution in [0.1, 0.15) is 49.9 Å². The number of amides is 1. The van der Waals surface area contributed by atoms with E-state index >= 15 is 0 Å². The number of hydrogen-bond acceptors (Lipinski definition) is 12. The highest BCUT2D eigenvalue weighted by atomic mass is 16.7. The van der Waals surface area contributed by atoms with Gasteiger partial charge in [-0.05, 0) is 29.2 Å². The number of benzene rings is 4. The monoisotopic (exact) mass is 811 g/mol. The minimum Gasteiger partial charge on any atom is -0.456 e. The van der Waals surface area contributed by atoms with Crippen LogP contribution in [0, 0.1) is 0 Å². The highest BCUT2D eigenvalue weighted by Gasteiger charge is 2.53. The van der Waals surface area contributed by atoms with E-state index < -0.39 is 79.2 Å². The molecule has 13 heteroatoms. The molecule has 0 bridgehead atoms. The van der Waals surface area contributed by atoms with Crippen molar-refractivity contribution in [3.05, 3.63) is 144 Å². The van der Waals surface area contributed by atoms with E-state index in [9.17, 15) is 14.4 Å². The van der Waals surface area contributed by atoms with Gasteiger partial charge in [0.15, 0.2) is 24.8 Å². The topological polar surface area (TPSA) is 146 Å². The summed E-state index contributed by atoms with van der Waals surface area (Å²) in [7, 11) is 0. The summed E-state index contributed by atoms with van der Waals surface area (Å²) in [6, 6.07) is 37.7. The Hall–Kier alpha value is -4.99. The zero-order valence-electron chi connectivity index (χ0n) is 33.8. The van der Waals surface area contributed by atoms with Crippen molar-refractivity contribution in [3.8, 4) is 0 Å². The van der Waals surface area contributed by atoms with Gasteiger partial charge in [-0.15, -0.1) is 0 Å². The molecular formula is C46H53NO12. The lowest BCUT2D eigenvalue weighted by atomic mass is 9.95. The third-order valence-corrected chi connectivity index (χ3v) is 9.89. The van der Waals surface area contributed by atoms with Crippen LogP contribution >= 0.6 is 0 Å². The summed E-state index contributed by atoms with van der Waals surface area (Å²) in [5.74, 6) is -1.76. The molecule has 4 aromatic carbocycles. The molecule has 13 nitrogen and oxygen atoms in total. The third-order valence-electron chi connectivity index (χ3n) is 9.89. The van der Waals surface area contributed by atoms with Gasteiger partial charge in [0.25, 0.3) is 0 Å². The Bertz CT molecular complexity index is 1890. The largest absolute Gasteiger partial charge is 0.456 e. The van der Waals surface area contributed by atoms with Crippen LogP contribution in [0.2, 0.25) is 0 Å². The summed E-state index contributed by atoms with van der Waals surface area (Å²) in [5, 5.41) is 2.79. The molecule has 10 unspecified atom stereocenters. The van der Waals surface area contributed by atoms with Gasteiger partial charge < -0.3 is 47.9 Å². The van der Waals surface area contributed by atoms with Crippen molar-refractivity contribution in [2.75, 3.05) is 6.61 Å². The lowest BCUT2D eigenvalue weighted by Gasteiger charge is -2.47. The first-order valence-electron chi connectivity index (χ1n) is 19.8. The van der Waals surface area contributed by atoms with Crippen LogP contribution in [0.3, 0.4) is 0 Å². The molecule has 6 rings (SSSR count). The fourth-order valence-electron chi connectivity index (χ4n) is 7.18. The quantitative estimate of drug-likeness (QED) is 0.121. The highest BCUT2D eigenvalue weighted by Crippen LogP contribution is 2.33. The van der Waals surface area contributed by atoms with Gasteiger partial charge in [0, 0.05) is 20.8 Å². The van der Waals surface area contributed by atoms with Gasteiger partial charge in [-0.25, -0.2) is 0 Å². The molecule has 1 N–H and O–H groups in total. The first kappa shape index (κ1) is 43.6. The number of nitrogens with one attached hydrogen (secondary N) is 1. The van der Waals surface area contributed by atoms with E-state index in [1.165, 1.54) is 20.8 Å². The Morgan fingerprint density at radius 3 is 1.37 bits per heavy atom. The van der Waals surface area contributed by atoms with E-state index in [0.29, 0.717) is 6.61 Å². The number of rotatable bonds is 18. The average Bonchev–Trinajstić information content (AvgIpc) is 3.23. The molecule has 2 aliphatic heterocycles. The van der Waals surface area contributed by atoms with Crippen molar-refractivity contribution in [2.45, 2.75) is 115 Å². The van der Waals surface area contributed by atoms with Crippen LogP contribution in [0.4, 0.5) is 0 Å². The molecule has 2 saturated heterocycles. The summed E-state index contributed by atoms with van der Waals surface area (Å²) in [6.45, 7) is 6.30. The predicted molar refractivity (Wildman–Crippen MR) is 214 cm³/mol. The van der Waals surface area contributed by atoms with Crippen LogP contribution in [0.25, 0.3) is 0 Å². The Morgan fingerprint density at radius 2 is 0.915 bits per heavy atom. The van der Waals surface area contributed by atoms with Crippen LogP contribution in [-0.2, 0) is 83.4 Å². The molecule has 2 aliphatic rings. The van der Waals surface area contributed by atoms with Gasteiger partial charge in [0.2, 0.25) is 5.91 Å². The molecule has 0 saturated carbocycles. The molecule has 0 aromatic heterocycles. The second kappa shape index (κ2) is 21.9. The van der Waals surface area contributed by atoms with E-state index in [1.54, 1.807) is 0 Å². The summed E-state index contributed by atoms with van der Waals surface area (Å²) in [6.07, 6.45) is -8.35. The molecule has 0 aliphatic carbocycles. The zero-order valence-corrected chi connectivity index (χ0v) is 33.8. The first-order chi connectivity index (χ1) is 28.6. The standard InChI is InChI=1S/C46H53NO12/c1-30-40(51-25-34-17-9-5-10-18-34)43(52-26-35-19-11-6-12-20-35)44(53-27-36-21-13-7-14-22-36)46(56-30)55-29-38-41(57-32(3)49)42(58-33(4)50)39(47-31(2)48)45(59-38)54-28-37-23-15-8-16-24-37/h5-24,30,38-46H,25-29H2,1-4H3,(H,47,48). The fourth-order valence-corrected chi connectivity index (χ4v) is 7.18. The van der Waals surface area contributed by atoms with Crippen molar-refractivity contribution < 1.29 is 57.0 Å². The molecule has 1 amide bonds. The number of hydrogen-bond donors (Lipinski definition) is 1. The molecule has 314 valence electrons. The highest BCUT2D eigenvalue weighted by molar-refractivity contribution is 5.73. The second-order valence-electron chi connectivity index (χ2n) is 14.5. The molecule has 0 radical (unpaired) electrons. The normalized spacial score (nSPS) is 26.7. The van der Waals surface area contributed by atoms with E-state index in [0.717, 1.165) is 22.3 Å². The zero-order chi connectivity index (χ0) is 41.6. The maximum atomic E-state index is 12.6. The van der Waals surface area contributed by atoms with Crippen molar-refractivity contribution in [1.82, 2.24) is 5.32 Å². The maximum absolute atomic E-state index is 12.6. The van der Waals surface area contributed by atoms with Gasteiger partial charge in [0.1, 0.15) is 30.5 Å². The Kier molecular flexibility index (Phi) is 16.1. The number of carbonyl (C=O) groups is 3. The molecule has 4 aromatic rings. The fraction of sp³-hybridized carbons (Fsp3) is 0.413. The molecule has 0 spiro atoms. The van der Waals surface area contributed by atoms with Crippen LogP contribution < -0.4 is 5.32 Å². The third kappa shape index (κ3) is 12.8. The van der Waals surface area contributed by atoms with E-state index in [2.05, 4.69) is 5.32 Å². The van der Waals surface area contributed by atoms with Crippen molar-refractivity contribution in [3.63, 3.8) is 0 Å².